The largest absolute Gasteiger partial charge is 0.455 e. The minimum atomic E-state index is 0.888. The van der Waals surface area contributed by atoms with Gasteiger partial charge in [-0.1, -0.05) is 164 Å². The second-order valence-electron chi connectivity index (χ2n) is 17.6. The highest BCUT2D eigenvalue weighted by Crippen LogP contribution is 2.43. The average Bonchev–Trinajstić information content (AvgIpc) is 4.10. The van der Waals surface area contributed by atoms with Gasteiger partial charge in [0.15, 0.2) is 0 Å². The van der Waals surface area contributed by atoms with Crippen molar-refractivity contribution < 1.29 is 8.83 Å². The summed E-state index contributed by atoms with van der Waals surface area (Å²) < 4.78 is 15.4. The average molecular weight is 869 g/mol. The standard InChI is InChI=1S/C64H40N2O2/c1-2-15-51-42(12-1)32-39-57-62-50(19-11-25-61(62)68-64(51)57)43-28-35-47(36-29-43)65(48-37-30-44(31-38-48)52-20-10-21-56-55-18-5-8-24-60(55)67-63(52)56)46-33-26-41(27-34-46)45-13-9-14-49(40-45)66-58-22-6-3-16-53(58)54-17-4-7-23-59(54)66/h1-40H. The molecule has 14 rings (SSSR count). The Labute approximate surface area is 391 Å². The first-order valence-electron chi connectivity index (χ1n) is 23.2. The smallest absolute Gasteiger partial charge is 0.143 e. The van der Waals surface area contributed by atoms with E-state index in [1.807, 2.05) is 12.1 Å². The van der Waals surface area contributed by atoms with E-state index in [1.54, 1.807) is 0 Å². The third-order valence-electron chi connectivity index (χ3n) is 13.8. The number of rotatable bonds is 7. The first-order chi connectivity index (χ1) is 33.7. The zero-order chi connectivity index (χ0) is 44.7. The van der Waals surface area contributed by atoms with Gasteiger partial charge in [0, 0.05) is 66.0 Å². The molecule has 11 aromatic carbocycles. The molecule has 14 aromatic rings. The molecule has 0 saturated carbocycles. The summed E-state index contributed by atoms with van der Waals surface area (Å²) in [5, 5.41) is 9.31. The molecule has 0 unspecified atom stereocenters. The molecule has 0 radical (unpaired) electrons. The number of hydrogen-bond acceptors (Lipinski definition) is 3. The monoisotopic (exact) mass is 868 g/mol. The Morgan fingerprint density at radius 1 is 0.309 bits per heavy atom. The Morgan fingerprint density at radius 2 is 0.838 bits per heavy atom. The molecule has 0 aliphatic rings. The van der Waals surface area contributed by atoms with Crippen molar-refractivity contribution in [3.05, 3.63) is 243 Å². The highest BCUT2D eigenvalue weighted by atomic mass is 16.3. The summed E-state index contributed by atoms with van der Waals surface area (Å²) in [5.41, 5.74) is 17.1. The van der Waals surface area contributed by atoms with E-state index >= 15 is 0 Å². The molecule has 0 aliphatic heterocycles. The minimum absolute atomic E-state index is 0.888. The SMILES string of the molecule is c1cc(-c2ccc(N(c3ccc(-c4cccc5c4oc4ccccc45)cc3)c3ccc(-c4cccc5oc6c7ccccc7ccc6c45)cc3)cc2)cc(-n2c3ccccc3c3ccccc32)c1. The van der Waals surface area contributed by atoms with Crippen molar-refractivity contribution in [3.8, 4) is 39.1 Å². The molecule has 0 amide bonds. The maximum atomic E-state index is 6.57. The van der Waals surface area contributed by atoms with Gasteiger partial charge >= 0.3 is 0 Å². The molecule has 318 valence electrons. The Kier molecular flexibility index (Phi) is 8.55. The van der Waals surface area contributed by atoms with Crippen LogP contribution in [0.4, 0.5) is 17.1 Å². The summed E-state index contributed by atoms with van der Waals surface area (Å²) in [7, 11) is 0. The Balaban J connectivity index is 0.862. The summed E-state index contributed by atoms with van der Waals surface area (Å²) >= 11 is 0. The van der Waals surface area contributed by atoms with Crippen LogP contribution in [0.3, 0.4) is 0 Å². The Hall–Kier alpha value is -9.12. The fourth-order valence-corrected chi connectivity index (χ4v) is 10.6. The van der Waals surface area contributed by atoms with Crippen molar-refractivity contribution >= 4 is 93.5 Å². The normalized spacial score (nSPS) is 11.8. The zero-order valence-electron chi connectivity index (χ0n) is 36.8. The van der Waals surface area contributed by atoms with Crippen LogP contribution in [0.1, 0.15) is 0 Å². The number of fused-ring (bicyclic) bond motifs is 11. The number of aromatic nitrogens is 1. The predicted octanol–water partition coefficient (Wildman–Crippen LogP) is 18.2. The summed E-state index contributed by atoms with van der Waals surface area (Å²) in [4.78, 5) is 2.34. The molecule has 3 aromatic heterocycles. The van der Waals surface area contributed by atoms with Crippen molar-refractivity contribution in [2.45, 2.75) is 0 Å². The van der Waals surface area contributed by atoms with Crippen LogP contribution >= 0.6 is 0 Å². The minimum Gasteiger partial charge on any atom is -0.455 e. The molecule has 0 spiro atoms. The lowest BCUT2D eigenvalue weighted by Crippen LogP contribution is -2.09. The third-order valence-corrected chi connectivity index (χ3v) is 13.8. The lowest BCUT2D eigenvalue weighted by molar-refractivity contribution is 0.670. The quantitative estimate of drug-likeness (QED) is 0.160. The molecular weight excluding hydrogens is 829 g/mol. The van der Waals surface area contributed by atoms with Crippen molar-refractivity contribution in [2.75, 3.05) is 4.90 Å². The third kappa shape index (κ3) is 6.01. The van der Waals surface area contributed by atoms with Crippen molar-refractivity contribution in [3.63, 3.8) is 0 Å². The molecule has 0 N–H and O–H groups in total. The van der Waals surface area contributed by atoms with Crippen LogP contribution in [0.15, 0.2) is 251 Å². The first kappa shape index (κ1) is 38.2. The van der Waals surface area contributed by atoms with Gasteiger partial charge in [-0.15, -0.1) is 0 Å². The van der Waals surface area contributed by atoms with Gasteiger partial charge in [0.2, 0.25) is 0 Å². The fraction of sp³-hybridized carbons (Fsp3) is 0. The van der Waals surface area contributed by atoms with Gasteiger partial charge in [0.05, 0.1) is 11.0 Å². The summed E-state index contributed by atoms with van der Waals surface area (Å²) in [6.07, 6.45) is 0. The Bertz CT molecular complexity index is 4200. The molecular formula is C64H40N2O2. The van der Waals surface area contributed by atoms with Crippen molar-refractivity contribution in [1.82, 2.24) is 4.57 Å². The van der Waals surface area contributed by atoms with E-state index in [1.165, 1.54) is 27.2 Å². The van der Waals surface area contributed by atoms with E-state index in [2.05, 4.69) is 240 Å². The van der Waals surface area contributed by atoms with Crippen molar-refractivity contribution in [1.29, 1.82) is 0 Å². The van der Waals surface area contributed by atoms with Crippen LogP contribution < -0.4 is 4.90 Å². The van der Waals surface area contributed by atoms with Gasteiger partial charge in [-0.05, 0) is 112 Å². The van der Waals surface area contributed by atoms with Crippen LogP contribution in [0.5, 0.6) is 0 Å². The molecule has 0 fully saturated rings. The molecule has 4 nitrogen and oxygen atoms in total. The van der Waals surface area contributed by atoms with Crippen LogP contribution in [0.2, 0.25) is 0 Å². The highest BCUT2D eigenvalue weighted by molar-refractivity contribution is 6.19. The van der Waals surface area contributed by atoms with Gasteiger partial charge < -0.3 is 18.3 Å². The van der Waals surface area contributed by atoms with E-state index in [0.717, 1.165) is 105 Å². The van der Waals surface area contributed by atoms with E-state index in [-0.39, 0.29) is 0 Å². The fourth-order valence-electron chi connectivity index (χ4n) is 10.6. The highest BCUT2D eigenvalue weighted by Gasteiger charge is 2.19. The van der Waals surface area contributed by atoms with E-state index in [4.69, 9.17) is 8.83 Å². The van der Waals surface area contributed by atoms with Crippen molar-refractivity contribution in [2.24, 2.45) is 0 Å². The van der Waals surface area contributed by atoms with Gasteiger partial charge in [-0.25, -0.2) is 0 Å². The number of anilines is 3. The van der Waals surface area contributed by atoms with Gasteiger partial charge in [0.1, 0.15) is 22.3 Å². The number of para-hydroxylation sites is 4. The molecule has 0 atom stereocenters. The van der Waals surface area contributed by atoms with E-state index < -0.39 is 0 Å². The molecule has 0 saturated heterocycles. The number of hydrogen-bond donors (Lipinski definition) is 0. The van der Waals surface area contributed by atoms with E-state index in [9.17, 15) is 0 Å². The topological polar surface area (TPSA) is 34.5 Å². The maximum absolute atomic E-state index is 6.57. The van der Waals surface area contributed by atoms with E-state index in [0.29, 0.717) is 0 Å². The van der Waals surface area contributed by atoms with Gasteiger partial charge in [-0.3, -0.25) is 0 Å². The lowest BCUT2D eigenvalue weighted by atomic mass is 9.97. The van der Waals surface area contributed by atoms with Crippen LogP contribution in [-0.2, 0) is 0 Å². The summed E-state index contributed by atoms with van der Waals surface area (Å²) in [6, 6.07) is 86.9. The predicted molar refractivity (Wildman–Crippen MR) is 284 cm³/mol. The zero-order valence-corrected chi connectivity index (χ0v) is 36.8. The number of nitrogens with zero attached hydrogens (tertiary/aromatic N) is 2. The number of benzene rings is 11. The molecule has 3 heterocycles. The second kappa shape index (κ2) is 15.2. The first-order valence-corrected chi connectivity index (χ1v) is 23.2. The molecule has 68 heavy (non-hydrogen) atoms. The van der Waals surface area contributed by atoms with Crippen LogP contribution in [0, 0.1) is 0 Å². The summed E-state index contributed by atoms with van der Waals surface area (Å²) in [6.45, 7) is 0. The Morgan fingerprint density at radius 3 is 1.56 bits per heavy atom. The maximum Gasteiger partial charge on any atom is 0.143 e. The van der Waals surface area contributed by atoms with Crippen LogP contribution in [-0.4, -0.2) is 4.57 Å². The second-order valence-corrected chi connectivity index (χ2v) is 17.6. The molecule has 4 heteroatoms. The van der Waals surface area contributed by atoms with Gasteiger partial charge in [0.25, 0.3) is 0 Å². The van der Waals surface area contributed by atoms with Crippen LogP contribution in [0.25, 0.3) is 116 Å². The summed E-state index contributed by atoms with van der Waals surface area (Å²) in [5.74, 6) is 0. The molecule has 0 aliphatic carbocycles. The van der Waals surface area contributed by atoms with Gasteiger partial charge in [-0.2, -0.15) is 0 Å². The number of furan rings is 2. The lowest BCUT2D eigenvalue weighted by Gasteiger charge is -2.26. The molecule has 0 bridgehead atoms.